The summed E-state index contributed by atoms with van der Waals surface area (Å²) in [6, 6.07) is 11.8. The van der Waals surface area contributed by atoms with Gasteiger partial charge in [0.15, 0.2) is 11.6 Å². The van der Waals surface area contributed by atoms with Crippen LogP contribution in [-0.2, 0) is 19.3 Å². The van der Waals surface area contributed by atoms with Crippen LogP contribution in [-0.4, -0.2) is 27.5 Å². The third-order valence-corrected chi connectivity index (χ3v) is 6.89. The molecule has 158 valence electrons. The van der Waals surface area contributed by atoms with Crippen LogP contribution in [0.1, 0.15) is 28.8 Å². The summed E-state index contributed by atoms with van der Waals surface area (Å²) >= 11 is 1.71. The summed E-state index contributed by atoms with van der Waals surface area (Å²) in [5.74, 6) is 0.708. The first-order valence-electron chi connectivity index (χ1n) is 10.6. The molecular formula is C24H24FN5S. The van der Waals surface area contributed by atoms with Crippen LogP contribution < -0.4 is 11.1 Å². The Kier molecular flexibility index (Phi) is 5.61. The molecule has 1 aliphatic carbocycles. The van der Waals surface area contributed by atoms with E-state index in [2.05, 4.69) is 22.4 Å². The number of fused-ring (bicyclic) bond motifs is 3. The number of aryl methyl sites for hydroxylation is 2. The first kappa shape index (κ1) is 20.0. The van der Waals surface area contributed by atoms with Crippen LogP contribution in [0.25, 0.3) is 21.6 Å². The first-order chi connectivity index (χ1) is 15.2. The van der Waals surface area contributed by atoms with Crippen molar-refractivity contribution < 1.29 is 4.39 Å². The van der Waals surface area contributed by atoms with Crippen LogP contribution in [0.15, 0.2) is 48.8 Å². The van der Waals surface area contributed by atoms with Gasteiger partial charge in [-0.2, -0.15) is 0 Å². The second-order valence-corrected chi connectivity index (χ2v) is 9.06. The van der Waals surface area contributed by atoms with Crippen molar-refractivity contribution in [1.29, 1.82) is 0 Å². The third kappa shape index (κ3) is 4.16. The Labute approximate surface area is 184 Å². The number of nitrogens with zero attached hydrogens (tertiary/aromatic N) is 3. The Morgan fingerprint density at radius 3 is 2.77 bits per heavy atom. The van der Waals surface area contributed by atoms with Crippen LogP contribution in [0, 0.1) is 5.82 Å². The van der Waals surface area contributed by atoms with Crippen LogP contribution in [0.2, 0.25) is 0 Å². The van der Waals surface area contributed by atoms with Gasteiger partial charge in [0.1, 0.15) is 10.6 Å². The van der Waals surface area contributed by atoms with Crippen molar-refractivity contribution in [2.24, 2.45) is 5.73 Å². The number of hydrogen-bond acceptors (Lipinski definition) is 6. The number of nitrogens with two attached hydrogens (primary N) is 1. The Balaban J connectivity index is 1.50. The summed E-state index contributed by atoms with van der Waals surface area (Å²) in [7, 11) is 0. The van der Waals surface area contributed by atoms with Gasteiger partial charge in [-0.05, 0) is 49.3 Å². The molecule has 5 rings (SSSR count). The van der Waals surface area contributed by atoms with E-state index in [1.54, 1.807) is 23.6 Å². The van der Waals surface area contributed by atoms with Crippen LogP contribution in [0.4, 0.5) is 10.2 Å². The maximum atomic E-state index is 14.4. The minimum Gasteiger partial charge on any atom is -0.368 e. The molecule has 4 aromatic rings. The molecule has 0 spiro atoms. The highest BCUT2D eigenvalue weighted by Crippen LogP contribution is 2.39. The molecule has 31 heavy (non-hydrogen) atoms. The second-order valence-electron chi connectivity index (χ2n) is 7.97. The average Bonchev–Trinajstić information content (AvgIpc) is 3.17. The smallest absolute Gasteiger partial charge is 0.166 e. The van der Waals surface area contributed by atoms with Gasteiger partial charge in [-0.15, -0.1) is 11.3 Å². The average molecular weight is 434 g/mol. The van der Waals surface area contributed by atoms with Crippen molar-refractivity contribution in [2.75, 3.05) is 11.9 Å². The largest absolute Gasteiger partial charge is 0.368 e. The number of rotatable bonds is 6. The molecular weight excluding hydrogens is 409 g/mol. The number of benzene rings is 1. The highest BCUT2D eigenvalue weighted by atomic mass is 32.1. The number of anilines is 1. The van der Waals surface area contributed by atoms with Crippen molar-refractivity contribution in [3.63, 3.8) is 0 Å². The van der Waals surface area contributed by atoms with Gasteiger partial charge >= 0.3 is 0 Å². The van der Waals surface area contributed by atoms with Crippen molar-refractivity contribution in [1.82, 2.24) is 15.0 Å². The van der Waals surface area contributed by atoms with Gasteiger partial charge in [0, 0.05) is 23.7 Å². The first-order valence-corrected chi connectivity index (χ1v) is 11.5. The molecule has 1 aliphatic rings. The van der Waals surface area contributed by atoms with E-state index in [1.165, 1.54) is 35.0 Å². The monoisotopic (exact) mass is 433 g/mol. The SMILES string of the molecule is N[C@H](CNc1nc(-c2ccncc2F)nc2sc3c(c12)CCCC3)Cc1ccccc1. The van der Waals surface area contributed by atoms with E-state index in [-0.39, 0.29) is 6.04 Å². The molecule has 0 fully saturated rings. The van der Waals surface area contributed by atoms with Gasteiger partial charge in [0.05, 0.1) is 17.1 Å². The molecule has 0 unspecified atom stereocenters. The Morgan fingerprint density at radius 1 is 1.10 bits per heavy atom. The fourth-order valence-electron chi connectivity index (χ4n) is 4.18. The van der Waals surface area contributed by atoms with E-state index < -0.39 is 5.82 Å². The predicted molar refractivity (Wildman–Crippen MR) is 124 cm³/mol. The fraction of sp³-hybridized carbons (Fsp3) is 0.292. The van der Waals surface area contributed by atoms with E-state index in [9.17, 15) is 4.39 Å². The molecule has 1 atom stereocenters. The zero-order chi connectivity index (χ0) is 21.2. The van der Waals surface area contributed by atoms with Crippen LogP contribution in [0.3, 0.4) is 0 Å². The molecule has 0 saturated heterocycles. The summed E-state index contributed by atoms with van der Waals surface area (Å²) in [6.07, 6.45) is 8.01. The third-order valence-electron chi connectivity index (χ3n) is 5.70. The summed E-state index contributed by atoms with van der Waals surface area (Å²) in [5.41, 5.74) is 9.32. The Morgan fingerprint density at radius 2 is 1.94 bits per heavy atom. The summed E-state index contributed by atoms with van der Waals surface area (Å²) in [4.78, 5) is 15.6. The summed E-state index contributed by atoms with van der Waals surface area (Å²) < 4.78 is 14.4. The Hall–Kier alpha value is -2.90. The van der Waals surface area contributed by atoms with Gasteiger partial charge < -0.3 is 11.1 Å². The molecule has 0 amide bonds. The van der Waals surface area contributed by atoms with Crippen molar-refractivity contribution in [3.8, 4) is 11.4 Å². The standard InChI is InChI=1S/C24H24FN5S/c25-19-14-27-11-10-17(19)22-29-23(28-13-16(26)12-15-6-2-1-3-7-15)21-18-8-4-5-9-20(18)31-24(21)30-22/h1-3,6-7,10-11,14,16H,4-5,8-9,12-13,26H2,(H,28,29,30)/t16-/m0/s1. The number of pyridine rings is 1. The quantitative estimate of drug-likeness (QED) is 0.459. The molecule has 3 N–H and O–H groups in total. The number of aromatic nitrogens is 3. The van der Waals surface area contributed by atoms with E-state index in [0.29, 0.717) is 17.9 Å². The predicted octanol–water partition coefficient (Wildman–Crippen LogP) is 4.75. The van der Waals surface area contributed by atoms with Gasteiger partial charge in [-0.1, -0.05) is 30.3 Å². The molecule has 3 aromatic heterocycles. The lowest BCUT2D eigenvalue weighted by molar-refractivity contribution is 0.623. The lowest BCUT2D eigenvalue weighted by Gasteiger charge is -2.16. The maximum Gasteiger partial charge on any atom is 0.166 e. The number of thiophene rings is 1. The van der Waals surface area contributed by atoms with Gasteiger partial charge in [0.2, 0.25) is 0 Å². The zero-order valence-corrected chi connectivity index (χ0v) is 18.0. The van der Waals surface area contributed by atoms with Crippen molar-refractivity contribution in [2.45, 2.75) is 38.1 Å². The van der Waals surface area contributed by atoms with Gasteiger partial charge in [-0.25, -0.2) is 14.4 Å². The van der Waals surface area contributed by atoms with Gasteiger partial charge in [0.25, 0.3) is 0 Å². The number of hydrogen-bond donors (Lipinski definition) is 2. The minimum atomic E-state index is -0.421. The van der Waals surface area contributed by atoms with E-state index in [1.807, 2.05) is 18.2 Å². The zero-order valence-electron chi connectivity index (χ0n) is 17.1. The highest BCUT2D eigenvalue weighted by molar-refractivity contribution is 7.19. The van der Waals surface area contributed by atoms with E-state index in [0.717, 1.165) is 35.3 Å². The van der Waals surface area contributed by atoms with E-state index in [4.69, 9.17) is 15.7 Å². The molecule has 5 nitrogen and oxygen atoms in total. The lowest BCUT2D eigenvalue weighted by Crippen LogP contribution is -2.31. The Bertz CT molecular complexity index is 1210. The maximum absolute atomic E-state index is 14.4. The van der Waals surface area contributed by atoms with Gasteiger partial charge in [-0.3, -0.25) is 4.98 Å². The van der Waals surface area contributed by atoms with E-state index >= 15 is 0 Å². The van der Waals surface area contributed by atoms with Crippen LogP contribution >= 0.6 is 11.3 Å². The van der Waals surface area contributed by atoms with Crippen LogP contribution in [0.5, 0.6) is 0 Å². The molecule has 3 heterocycles. The highest BCUT2D eigenvalue weighted by Gasteiger charge is 2.22. The molecule has 0 bridgehead atoms. The topological polar surface area (TPSA) is 76.7 Å². The minimum absolute atomic E-state index is 0.0667. The normalized spacial score (nSPS) is 14.4. The van der Waals surface area contributed by atoms with Crippen molar-refractivity contribution in [3.05, 3.63) is 70.6 Å². The number of halogens is 1. The number of nitrogens with one attached hydrogen (secondary N) is 1. The molecule has 0 saturated carbocycles. The fourth-order valence-corrected chi connectivity index (χ4v) is 5.44. The summed E-state index contributed by atoms with van der Waals surface area (Å²) in [5, 5.41) is 4.54. The molecule has 0 radical (unpaired) electrons. The molecule has 0 aliphatic heterocycles. The lowest BCUT2D eigenvalue weighted by atomic mass is 9.97. The van der Waals surface area contributed by atoms with Crippen molar-refractivity contribution >= 4 is 27.4 Å². The molecule has 1 aromatic carbocycles. The molecule has 7 heteroatoms. The summed E-state index contributed by atoms with van der Waals surface area (Å²) in [6.45, 7) is 0.573. The second kappa shape index (κ2) is 8.69.